The van der Waals surface area contributed by atoms with Gasteiger partial charge in [0, 0.05) is 21.1 Å². The fourth-order valence-corrected chi connectivity index (χ4v) is 0. The molecule has 0 heterocycles. The van der Waals surface area contributed by atoms with E-state index in [0.29, 0.717) is 0 Å². The molecule has 0 radical (unpaired) electrons. The van der Waals surface area contributed by atoms with Gasteiger partial charge < -0.3 is 11.5 Å². The molecular formula is C3H11N2W-. The second-order valence-electron chi connectivity index (χ2n) is 0.707. The van der Waals surface area contributed by atoms with E-state index in [1.165, 1.54) is 0 Å². The molecule has 3 heteroatoms. The summed E-state index contributed by atoms with van der Waals surface area (Å²) in [6, 6.07) is 0. The molecule has 6 heavy (non-hydrogen) atoms. The van der Waals surface area contributed by atoms with Crippen molar-refractivity contribution in [3.8, 4) is 0 Å². The number of rotatable bonds is 1. The molecule has 0 amide bonds. The second-order valence-corrected chi connectivity index (χ2v) is 0.707. The van der Waals surface area contributed by atoms with Crippen LogP contribution in [0.5, 0.6) is 0 Å². The third-order valence-electron chi connectivity index (χ3n) is 0.354. The molecule has 0 bridgehead atoms. The average Bonchev–Trinajstić information content (AvgIpc) is 1.37. The van der Waals surface area contributed by atoms with Crippen molar-refractivity contribution < 1.29 is 21.1 Å². The Balaban J connectivity index is -0.0000000450. The Morgan fingerprint density at radius 3 is 1.67 bits per heavy atom. The molecule has 0 aromatic rings. The average molecular weight is 259 g/mol. The summed E-state index contributed by atoms with van der Waals surface area (Å²) in [7, 11) is 1.93. The van der Waals surface area contributed by atoms with Gasteiger partial charge in [0.05, 0.1) is 0 Å². The summed E-state index contributed by atoms with van der Waals surface area (Å²) < 4.78 is 0. The summed E-state index contributed by atoms with van der Waals surface area (Å²) in [5.41, 5.74) is 0. The van der Waals surface area contributed by atoms with Gasteiger partial charge in [0.15, 0.2) is 0 Å². The minimum Gasteiger partial charge on any atom is -0.693 e. The van der Waals surface area contributed by atoms with Crippen LogP contribution in [0.25, 0.3) is 6.15 Å². The van der Waals surface area contributed by atoms with Crippen LogP contribution < -0.4 is 5.32 Å². The van der Waals surface area contributed by atoms with Crippen molar-refractivity contribution in [3.63, 3.8) is 0 Å². The summed E-state index contributed by atoms with van der Waals surface area (Å²) in [5, 5.41) is 2.93. The van der Waals surface area contributed by atoms with E-state index in [1.54, 1.807) is 0 Å². The summed E-state index contributed by atoms with van der Waals surface area (Å²) in [6.45, 7) is 3.14. The molecule has 0 aliphatic carbocycles. The van der Waals surface area contributed by atoms with E-state index in [4.69, 9.17) is 0 Å². The van der Waals surface area contributed by atoms with Crippen molar-refractivity contribution in [2.75, 3.05) is 13.6 Å². The van der Waals surface area contributed by atoms with Crippen LogP contribution in [-0.4, -0.2) is 13.6 Å². The summed E-state index contributed by atoms with van der Waals surface area (Å²) >= 11 is 0. The molecule has 0 unspecified atom stereocenters. The largest absolute Gasteiger partial charge is 0.693 e. The third kappa shape index (κ3) is 23.2. The minimum absolute atomic E-state index is 0. The fraction of sp³-hybridized carbons (Fsp3) is 1.00. The topological polar surface area (TPSA) is 45.5 Å². The predicted molar refractivity (Wildman–Crippen MR) is 24.9 cm³/mol. The van der Waals surface area contributed by atoms with Crippen molar-refractivity contribution in [2.24, 2.45) is 0 Å². The van der Waals surface area contributed by atoms with E-state index in [9.17, 15) is 0 Å². The van der Waals surface area contributed by atoms with E-state index in [-0.39, 0.29) is 27.2 Å². The molecule has 3 N–H and O–H groups in total. The molecule has 0 aliphatic heterocycles. The second kappa shape index (κ2) is 17.5. The molecule has 0 rings (SSSR count). The maximum absolute atomic E-state index is 2.93. The summed E-state index contributed by atoms with van der Waals surface area (Å²) in [4.78, 5) is 0. The van der Waals surface area contributed by atoms with E-state index in [2.05, 4.69) is 12.2 Å². The van der Waals surface area contributed by atoms with E-state index >= 15 is 0 Å². The van der Waals surface area contributed by atoms with Gasteiger partial charge in [0.2, 0.25) is 0 Å². The maximum atomic E-state index is 2.93. The molecule has 40 valence electrons. The van der Waals surface area contributed by atoms with Crippen LogP contribution in [-0.2, 0) is 21.1 Å². The molecule has 0 saturated carbocycles. The molecule has 0 saturated heterocycles. The Morgan fingerprint density at radius 2 is 1.67 bits per heavy atom. The molecule has 0 aromatic carbocycles. The van der Waals surface area contributed by atoms with Crippen LogP contribution in [0, 0.1) is 0 Å². The maximum Gasteiger partial charge on any atom is 0 e. The first kappa shape index (κ1) is 16.0. The van der Waals surface area contributed by atoms with Gasteiger partial charge in [-0.25, -0.2) is 0 Å². The quantitative estimate of drug-likeness (QED) is 0.748. The van der Waals surface area contributed by atoms with Crippen molar-refractivity contribution in [2.45, 2.75) is 6.92 Å². The molecular weight excluding hydrogens is 248 g/mol. The standard InChI is InChI=1S/C3H9N.H2N.W/c1-3-4-2;;/h4H,3H2,1-2H3;1H2;/q;-1;. The van der Waals surface area contributed by atoms with Crippen LogP contribution in [0.4, 0.5) is 0 Å². The van der Waals surface area contributed by atoms with E-state index in [0.717, 1.165) is 6.54 Å². The van der Waals surface area contributed by atoms with Crippen molar-refractivity contribution in [1.29, 1.82) is 0 Å². The zero-order valence-corrected chi connectivity index (χ0v) is 7.13. The predicted octanol–water partition coefficient (Wildman–Crippen LogP) is 0.940. The van der Waals surface area contributed by atoms with Gasteiger partial charge in [-0.15, -0.1) is 0 Å². The molecule has 0 fully saturated rings. The zero-order valence-electron chi connectivity index (χ0n) is 4.19. The van der Waals surface area contributed by atoms with E-state index in [1.807, 2.05) is 7.05 Å². The Kier molecular flexibility index (Phi) is 46.6. The normalized spacial score (nSPS) is 5.00. The number of nitrogens with two attached hydrogens (primary N) is 1. The summed E-state index contributed by atoms with van der Waals surface area (Å²) in [6.07, 6.45) is 0. The van der Waals surface area contributed by atoms with Crippen LogP contribution in [0.2, 0.25) is 0 Å². The van der Waals surface area contributed by atoms with Gasteiger partial charge in [-0.2, -0.15) is 0 Å². The van der Waals surface area contributed by atoms with Gasteiger partial charge >= 0.3 is 0 Å². The van der Waals surface area contributed by atoms with Crippen LogP contribution in [0.1, 0.15) is 6.92 Å². The Hall–Kier alpha value is 0.608. The first-order chi connectivity index (χ1) is 1.91. The van der Waals surface area contributed by atoms with Crippen LogP contribution >= 0.6 is 0 Å². The van der Waals surface area contributed by atoms with Crippen LogP contribution in [0.15, 0.2) is 0 Å². The van der Waals surface area contributed by atoms with Gasteiger partial charge in [0.1, 0.15) is 0 Å². The smallest absolute Gasteiger partial charge is 0 e. The van der Waals surface area contributed by atoms with Gasteiger partial charge in [0.25, 0.3) is 0 Å². The number of hydrogen-bond acceptors (Lipinski definition) is 1. The van der Waals surface area contributed by atoms with Crippen LogP contribution in [0.3, 0.4) is 0 Å². The zero-order chi connectivity index (χ0) is 3.41. The Labute approximate surface area is 53.5 Å². The Bertz CT molecular complexity index is 10.8. The fourth-order valence-electron chi connectivity index (χ4n) is 0. The first-order valence-corrected chi connectivity index (χ1v) is 1.56. The number of nitrogens with one attached hydrogen (secondary N) is 1. The van der Waals surface area contributed by atoms with Gasteiger partial charge in [-0.1, -0.05) is 6.92 Å². The first-order valence-electron chi connectivity index (χ1n) is 1.56. The molecule has 0 atom stereocenters. The number of hydrogen-bond donors (Lipinski definition) is 1. The molecule has 2 nitrogen and oxygen atoms in total. The van der Waals surface area contributed by atoms with E-state index < -0.39 is 0 Å². The van der Waals surface area contributed by atoms with Gasteiger partial charge in [-0.05, 0) is 13.6 Å². The Morgan fingerprint density at radius 1 is 1.50 bits per heavy atom. The van der Waals surface area contributed by atoms with Crippen molar-refractivity contribution >= 4 is 0 Å². The minimum atomic E-state index is 0. The summed E-state index contributed by atoms with van der Waals surface area (Å²) in [5.74, 6) is 0. The van der Waals surface area contributed by atoms with Crippen molar-refractivity contribution in [1.82, 2.24) is 5.32 Å². The van der Waals surface area contributed by atoms with Crippen molar-refractivity contribution in [3.05, 3.63) is 6.15 Å². The third-order valence-corrected chi connectivity index (χ3v) is 0.354. The SMILES string of the molecule is CCNC.[NH2-].[W]. The molecule has 0 spiro atoms. The van der Waals surface area contributed by atoms with Gasteiger partial charge in [-0.3, -0.25) is 0 Å². The monoisotopic (exact) mass is 259 g/mol. The molecule has 0 aliphatic rings. The molecule has 0 aromatic heterocycles.